The fraction of sp³-hybridized carbons (Fsp3) is 0.353. The van der Waals surface area contributed by atoms with Gasteiger partial charge in [-0.2, -0.15) is 5.10 Å². The topological polar surface area (TPSA) is 75.5 Å². The van der Waals surface area contributed by atoms with Crippen LogP contribution in [0.3, 0.4) is 0 Å². The van der Waals surface area contributed by atoms with Gasteiger partial charge >= 0.3 is 5.97 Å². The Kier molecular flexibility index (Phi) is 3.78. The van der Waals surface area contributed by atoms with Crippen molar-refractivity contribution < 1.29 is 9.53 Å². The van der Waals surface area contributed by atoms with Gasteiger partial charge in [0.25, 0.3) is 0 Å². The number of carbonyl (C=O) groups excluding carboxylic acids is 1. The first kappa shape index (κ1) is 14.9. The number of nitrogens with zero attached hydrogens (tertiary/aromatic N) is 4. The summed E-state index contributed by atoms with van der Waals surface area (Å²) in [6.45, 7) is 4.88. The predicted molar refractivity (Wildman–Crippen MR) is 87.8 cm³/mol. The summed E-state index contributed by atoms with van der Waals surface area (Å²) in [6.07, 6.45) is 3.97. The highest BCUT2D eigenvalue weighted by atomic mass is 16.5. The molecular formula is C17H19N5O2. The van der Waals surface area contributed by atoms with Crippen LogP contribution in [-0.2, 0) is 11.3 Å². The molecule has 3 aromatic rings. The van der Waals surface area contributed by atoms with Gasteiger partial charge in [0.05, 0.1) is 18.5 Å². The Balaban J connectivity index is 1.37. The van der Waals surface area contributed by atoms with E-state index in [2.05, 4.69) is 24.5 Å². The van der Waals surface area contributed by atoms with Crippen molar-refractivity contribution >= 4 is 11.6 Å². The van der Waals surface area contributed by atoms with Crippen molar-refractivity contribution in [2.24, 2.45) is 0 Å². The molecule has 0 aromatic carbocycles. The quantitative estimate of drug-likeness (QED) is 0.724. The third-order valence-corrected chi connectivity index (χ3v) is 4.36. The van der Waals surface area contributed by atoms with Gasteiger partial charge in [-0.25, -0.2) is 9.78 Å². The summed E-state index contributed by atoms with van der Waals surface area (Å²) in [6, 6.07) is 7.81. The molecule has 0 aliphatic carbocycles. The predicted octanol–water partition coefficient (Wildman–Crippen LogP) is 1.83. The number of H-pyrrole nitrogens is 1. The van der Waals surface area contributed by atoms with Crippen molar-refractivity contribution in [3.05, 3.63) is 53.7 Å². The van der Waals surface area contributed by atoms with Gasteiger partial charge in [0.1, 0.15) is 5.65 Å². The molecule has 7 nitrogen and oxygen atoms in total. The molecule has 1 N–H and O–H groups in total. The molecule has 4 rings (SSSR count). The number of aromatic nitrogens is 4. The molecule has 0 saturated carbocycles. The number of rotatable bonds is 5. The van der Waals surface area contributed by atoms with E-state index >= 15 is 0 Å². The lowest BCUT2D eigenvalue weighted by atomic mass is 9.96. The maximum absolute atomic E-state index is 11.7. The average Bonchev–Trinajstić information content (AvgIpc) is 3.18. The van der Waals surface area contributed by atoms with Crippen molar-refractivity contribution in [2.45, 2.75) is 19.4 Å². The second-order valence-electron chi connectivity index (χ2n) is 6.00. The number of hydrogen-bond donors (Lipinski definition) is 1. The maximum atomic E-state index is 11.7. The number of likely N-dealkylation sites (tertiary alicyclic amines) is 1. The number of carbonyl (C=O) groups is 1. The highest BCUT2D eigenvalue weighted by Crippen LogP contribution is 2.27. The van der Waals surface area contributed by atoms with Crippen LogP contribution in [0.4, 0.5) is 0 Å². The maximum Gasteiger partial charge on any atom is 0.358 e. The fourth-order valence-corrected chi connectivity index (χ4v) is 3.08. The minimum atomic E-state index is -0.373. The molecule has 0 atom stereocenters. The largest absolute Gasteiger partial charge is 0.461 e. The minimum absolute atomic E-state index is 0.354. The van der Waals surface area contributed by atoms with Crippen LogP contribution in [0.5, 0.6) is 0 Å². The molecule has 0 amide bonds. The minimum Gasteiger partial charge on any atom is -0.461 e. The Morgan fingerprint density at radius 3 is 3.12 bits per heavy atom. The van der Waals surface area contributed by atoms with Gasteiger partial charge in [-0.15, -0.1) is 0 Å². The smallest absolute Gasteiger partial charge is 0.358 e. The third-order valence-electron chi connectivity index (χ3n) is 4.36. The molecule has 24 heavy (non-hydrogen) atoms. The van der Waals surface area contributed by atoms with Crippen molar-refractivity contribution in [1.29, 1.82) is 0 Å². The molecule has 1 aliphatic heterocycles. The second-order valence-corrected chi connectivity index (χ2v) is 6.00. The van der Waals surface area contributed by atoms with Gasteiger partial charge < -0.3 is 9.14 Å². The van der Waals surface area contributed by atoms with Crippen LogP contribution in [0.2, 0.25) is 0 Å². The molecule has 0 radical (unpaired) electrons. The third kappa shape index (κ3) is 2.67. The van der Waals surface area contributed by atoms with Crippen molar-refractivity contribution in [1.82, 2.24) is 24.5 Å². The number of nitrogens with one attached hydrogen (secondary N) is 1. The molecule has 3 aromatic heterocycles. The highest BCUT2D eigenvalue weighted by Gasteiger charge is 2.30. The van der Waals surface area contributed by atoms with Gasteiger partial charge in [-0.1, -0.05) is 6.07 Å². The Hall–Kier alpha value is -2.67. The molecule has 1 saturated heterocycles. The molecule has 1 aliphatic rings. The van der Waals surface area contributed by atoms with Crippen LogP contribution in [0.1, 0.15) is 34.7 Å². The fourth-order valence-electron chi connectivity index (χ4n) is 3.08. The van der Waals surface area contributed by atoms with Crippen LogP contribution in [-0.4, -0.2) is 50.1 Å². The SMILES string of the molecule is CCOC(=O)c1cc(C2CN(Cc3cnc4ccccn34)C2)[nH]n1. The number of ether oxygens (including phenoxy) is 1. The molecule has 0 bridgehead atoms. The zero-order valence-electron chi connectivity index (χ0n) is 13.5. The van der Waals surface area contributed by atoms with Crippen LogP contribution < -0.4 is 0 Å². The second kappa shape index (κ2) is 6.09. The van der Waals surface area contributed by atoms with Crippen LogP contribution in [0.15, 0.2) is 36.7 Å². The van der Waals surface area contributed by atoms with E-state index in [4.69, 9.17) is 4.74 Å². The van der Waals surface area contributed by atoms with Crippen LogP contribution in [0.25, 0.3) is 5.65 Å². The lowest BCUT2D eigenvalue weighted by Crippen LogP contribution is -2.44. The summed E-state index contributed by atoms with van der Waals surface area (Å²) in [5.74, 6) is 0.00164. The molecule has 1 fully saturated rings. The first-order valence-corrected chi connectivity index (χ1v) is 8.10. The highest BCUT2D eigenvalue weighted by molar-refractivity contribution is 5.87. The van der Waals surface area contributed by atoms with Gasteiger partial charge in [-0.05, 0) is 25.1 Å². The monoisotopic (exact) mass is 325 g/mol. The number of imidazole rings is 1. The van der Waals surface area contributed by atoms with E-state index in [-0.39, 0.29) is 5.97 Å². The van der Waals surface area contributed by atoms with E-state index in [1.54, 1.807) is 13.0 Å². The van der Waals surface area contributed by atoms with E-state index in [1.807, 2.05) is 30.6 Å². The lowest BCUT2D eigenvalue weighted by Gasteiger charge is -2.38. The van der Waals surface area contributed by atoms with Crippen molar-refractivity contribution in [3.8, 4) is 0 Å². The molecule has 7 heteroatoms. The Morgan fingerprint density at radius 1 is 1.42 bits per heavy atom. The molecule has 124 valence electrons. The van der Waals surface area contributed by atoms with E-state index in [0.717, 1.165) is 31.0 Å². The Bertz CT molecular complexity index is 863. The number of fused-ring (bicyclic) bond motifs is 1. The summed E-state index contributed by atoms with van der Waals surface area (Å²) in [5.41, 5.74) is 3.50. The van der Waals surface area contributed by atoms with E-state index in [1.165, 1.54) is 5.69 Å². The normalized spacial score (nSPS) is 15.5. The lowest BCUT2D eigenvalue weighted by molar-refractivity contribution is 0.0519. The summed E-state index contributed by atoms with van der Waals surface area (Å²) in [4.78, 5) is 18.4. The van der Waals surface area contributed by atoms with Gasteiger partial charge in [0.2, 0.25) is 0 Å². The Labute approximate surface area is 139 Å². The standard InChI is InChI=1S/C17H19N5O2/c1-2-24-17(23)15-7-14(19-20-15)12-9-21(10-12)11-13-8-18-16-5-3-4-6-22(13)16/h3-8,12H,2,9-11H2,1H3,(H,19,20). The van der Waals surface area contributed by atoms with Gasteiger partial charge in [0, 0.05) is 37.4 Å². The molecule has 0 unspecified atom stereocenters. The number of pyridine rings is 1. The summed E-state index contributed by atoms with van der Waals surface area (Å²) < 4.78 is 7.08. The number of aromatic amines is 1. The molecule has 0 spiro atoms. The molecule has 4 heterocycles. The number of hydrogen-bond acceptors (Lipinski definition) is 5. The van der Waals surface area contributed by atoms with Gasteiger partial charge in [0.15, 0.2) is 5.69 Å². The van der Waals surface area contributed by atoms with E-state index in [9.17, 15) is 4.79 Å². The summed E-state index contributed by atoms with van der Waals surface area (Å²) in [5, 5.41) is 7.01. The van der Waals surface area contributed by atoms with E-state index in [0.29, 0.717) is 18.2 Å². The number of esters is 1. The van der Waals surface area contributed by atoms with Crippen molar-refractivity contribution in [3.63, 3.8) is 0 Å². The van der Waals surface area contributed by atoms with Crippen LogP contribution >= 0.6 is 0 Å². The van der Waals surface area contributed by atoms with Crippen LogP contribution in [0, 0.1) is 0 Å². The Morgan fingerprint density at radius 2 is 2.29 bits per heavy atom. The van der Waals surface area contributed by atoms with Gasteiger partial charge in [-0.3, -0.25) is 10.00 Å². The summed E-state index contributed by atoms with van der Waals surface area (Å²) >= 11 is 0. The zero-order valence-corrected chi connectivity index (χ0v) is 13.5. The molecular weight excluding hydrogens is 306 g/mol. The summed E-state index contributed by atoms with van der Waals surface area (Å²) in [7, 11) is 0. The first-order chi connectivity index (χ1) is 11.7. The van der Waals surface area contributed by atoms with Crippen molar-refractivity contribution in [2.75, 3.05) is 19.7 Å². The average molecular weight is 325 g/mol. The first-order valence-electron chi connectivity index (χ1n) is 8.10. The van der Waals surface area contributed by atoms with E-state index < -0.39 is 0 Å². The zero-order chi connectivity index (χ0) is 16.5.